The highest BCUT2D eigenvalue weighted by atomic mass is 16.5. The lowest BCUT2D eigenvalue weighted by atomic mass is 10.3. The zero-order valence-corrected chi connectivity index (χ0v) is 10.6. The normalized spacial score (nSPS) is 11.9. The number of aromatic nitrogens is 2. The van der Waals surface area contributed by atoms with Gasteiger partial charge in [0.15, 0.2) is 5.82 Å². The lowest BCUT2D eigenvalue weighted by molar-refractivity contribution is -0.125. The second-order valence-corrected chi connectivity index (χ2v) is 3.64. The van der Waals surface area contributed by atoms with E-state index in [1.165, 1.54) is 6.07 Å². The van der Waals surface area contributed by atoms with Crippen LogP contribution in [-0.2, 0) is 16.1 Å². The fourth-order valence-corrected chi connectivity index (χ4v) is 1.22. The van der Waals surface area contributed by atoms with Gasteiger partial charge in [-0.2, -0.15) is 0 Å². The van der Waals surface area contributed by atoms with Crippen molar-refractivity contribution in [2.24, 2.45) is 11.6 Å². The predicted molar refractivity (Wildman–Crippen MR) is 68.9 cm³/mol. The van der Waals surface area contributed by atoms with E-state index in [1.807, 2.05) is 6.92 Å². The number of hydrogen-bond acceptors (Lipinski definition) is 8. The quantitative estimate of drug-likeness (QED) is 0.285. The number of nitrogen functional groups attached to an aromatic ring is 1. The number of hydrogen-bond donors (Lipinski definition) is 5. The number of carbonyl (C=O) groups excluding carboxylic acids is 1. The van der Waals surface area contributed by atoms with Gasteiger partial charge in [0.1, 0.15) is 24.3 Å². The van der Waals surface area contributed by atoms with Crippen molar-refractivity contribution in [1.29, 1.82) is 0 Å². The summed E-state index contributed by atoms with van der Waals surface area (Å²) in [7, 11) is 0. The number of nitrogens with zero attached hydrogens (tertiary/aromatic N) is 2. The molecule has 0 bridgehead atoms. The van der Waals surface area contributed by atoms with E-state index in [-0.39, 0.29) is 13.2 Å². The Morgan fingerprint density at radius 3 is 2.79 bits per heavy atom. The molecule has 0 aliphatic carbocycles. The van der Waals surface area contributed by atoms with E-state index >= 15 is 0 Å². The molecular formula is C10H18N6O3. The third kappa shape index (κ3) is 5.04. The van der Waals surface area contributed by atoms with Crippen LogP contribution in [0.15, 0.2) is 6.07 Å². The summed E-state index contributed by atoms with van der Waals surface area (Å²) in [5.74, 6) is 5.69. The summed E-state index contributed by atoms with van der Waals surface area (Å²) in [5, 5.41) is 12.0. The van der Waals surface area contributed by atoms with E-state index in [4.69, 9.17) is 16.3 Å². The number of rotatable bonds is 8. The number of aliphatic hydroxyl groups excluding tert-OH is 1. The number of hydrazine groups is 1. The van der Waals surface area contributed by atoms with Crippen LogP contribution >= 0.6 is 0 Å². The number of nitrogens with one attached hydrogen (secondary N) is 2. The lowest BCUT2D eigenvalue weighted by Crippen LogP contribution is -2.34. The molecule has 0 saturated heterocycles. The zero-order chi connectivity index (χ0) is 14.3. The Labute approximate surface area is 110 Å². The van der Waals surface area contributed by atoms with Crippen molar-refractivity contribution >= 4 is 17.5 Å². The monoisotopic (exact) mass is 270 g/mol. The summed E-state index contributed by atoms with van der Waals surface area (Å²) in [6, 6.07) is 1.53. The van der Waals surface area contributed by atoms with Crippen LogP contribution in [0.1, 0.15) is 12.7 Å². The smallest absolute Gasteiger partial charge is 0.248 e. The van der Waals surface area contributed by atoms with Gasteiger partial charge in [-0.3, -0.25) is 4.79 Å². The van der Waals surface area contributed by atoms with Gasteiger partial charge in [0.2, 0.25) is 5.91 Å². The summed E-state index contributed by atoms with van der Waals surface area (Å²) >= 11 is 0. The average molecular weight is 270 g/mol. The number of carbonyl (C=O) groups is 1. The van der Waals surface area contributed by atoms with Crippen LogP contribution in [0.5, 0.6) is 0 Å². The Hall–Kier alpha value is -1.97. The lowest BCUT2D eigenvalue weighted by Gasteiger charge is -2.11. The number of amides is 1. The molecule has 1 rings (SSSR count). The van der Waals surface area contributed by atoms with Gasteiger partial charge in [0.25, 0.3) is 0 Å². The first kappa shape index (κ1) is 15.1. The molecule has 1 aromatic rings. The van der Waals surface area contributed by atoms with Crippen molar-refractivity contribution in [1.82, 2.24) is 9.97 Å². The molecule has 1 atom stereocenters. The summed E-state index contributed by atoms with van der Waals surface area (Å²) in [6.07, 6.45) is -1.29. The number of anilines is 2. The molecule has 0 saturated carbocycles. The Kier molecular flexibility index (Phi) is 5.93. The van der Waals surface area contributed by atoms with Gasteiger partial charge >= 0.3 is 0 Å². The maximum atomic E-state index is 10.7. The SMILES string of the molecule is CCOCc1nc(NN)cc(NCC(O)C(N)=O)n1. The molecule has 7 N–H and O–H groups in total. The Bertz CT molecular complexity index is 428. The van der Waals surface area contributed by atoms with Crippen LogP contribution in [0.3, 0.4) is 0 Å². The molecule has 0 fully saturated rings. The Morgan fingerprint density at radius 2 is 2.21 bits per heavy atom. The maximum Gasteiger partial charge on any atom is 0.248 e. The van der Waals surface area contributed by atoms with E-state index in [1.54, 1.807) is 0 Å². The molecule has 1 amide bonds. The van der Waals surface area contributed by atoms with Gasteiger partial charge in [-0.1, -0.05) is 0 Å². The molecule has 0 radical (unpaired) electrons. The molecule has 0 spiro atoms. The van der Waals surface area contributed by atoms with Crippen molar-refractivity contribution in [3.8, 4) is 0 Å². The third-order valence-corrected chi connectivity index (χ3v) is 2.16. The molecule has 106 valence electrons. The van der Waals surface area contributed by atoms with E-state index in [2.05, 4.69) is 20.7 Å². The largest absolute Gasteiger partial charge is 0.381 e. The number of nitrogens with two attached hydrogens (primary N) is 2. The molecule has 19 heavy (non-hydrogen) atoms. The van der Waals surface area contributed by atoms with Crippen LogP contribution in [0.25, 0.3) is 0 Å². The van der Waals surface area contributed by atoms with Gasteiger partial charge in [-0.15, -0.1) is 0 Å². The van der Waals surface area contributed by atoms with Crippen LogP contribution in [0.2, 0.25) is 0 Å². The second-order valence-electron chi connectivity index (χ2n) is 3.64. The molecule has 1 aromatic heterocycles. The minimum atomic E-state index is -1.29. The Balaban J connectivity index is 2.73. The number of aliphatic hydroxyl groups is 1. The van der Waals surface area contributed by atoms with E-state index < -0.39 is 12.0 Å². The predicted octanol–water partition coefficient (Wildman–Crippen LogP) is -1.44. The number of ether oxygens (including phenoxy) is 1. The highest BCUT2D eigenvalue weighted by Crippen LogP contribution is 2.11. The van der Waals surface area contributed by atoms with E-state index in [9.17, 15) is 9.90 Å². The van der Waals surface area contributed by atoms with E-state index in [0.717, 1.165) is 0 Å². The van der Waals surface area contributed by atoms with Crippen molar-refractivity contribution < 1.29 is 14.6 Å². The first-order valence-corrected chi connectivity index (χ1v) is 5.70. The molecule has 0 aliphatic rings. The average Bonchev–Trinajstić information content (AvgIpc) is 2.42. The molecular weight excluding hydrogens is 252 g/mol. The summed E-state index contributed by atoms with van der Waals surface area (Å²) in [5.41, 5.74) is 7.33. The van der Waals surface area contributed by atoms with Gasteiger partial charge in [0, 0.05) is 12.7 Å². The summed E-state index contributed by atoms with van der Waals surface area (Å²) < 4.78 is 5.19. The second kappa shape index (κ2) is 7.46. The van der Waals surface area contributed by atoms with Gasteiger partial charge < -0.3 is 26.3 Å². The van der Waals surface area contributed by atoms with Crippen molar-refractivity contribution in [2.75, 3.05) is 23.9 Å². The van der Waals surface area contributed by atoms with Crippen molar-refractivity contribution in [2.45, 2.75) is 19.6 Å². The standard InChI is InChI=1S/C10H18N6O3/c1-2-19-5-9-14-7(3-8(15-9)16-12)13-4-6(17)10(11)18/h3,6,17H,2,4-5,12H2,1H3,(H2,11,18)(H2,13,14,15,16). The van der Waals surface area contributed by atoms with Crippen molar-refractivity contribution in [3.63, 3.8) is 0 Å². The van der Waals surface area contributed by atoms with Crippen LogP contribution in [0.4, 0.5) is 11.6 Å². The van der Waals surface area contributed by atoms with Crippen LogP contribution in [-0.4, -0.2) is 40.2 Å². The first-order chi connectivity index (χ1) is 9.06. The fourth-order valence-electron chi connectivity index (χ4n) is 1.22. The number of primary amides is 1. The van der Waals surface area contributed by atoms with Crippen LogP contribution < -0.4 is 22.3 Å². The van der Waals surface area contributed by atoms with Crippen molar-refractivity contribution in [3.05, 3.63) is 11.9 Å². The highest BCUT2D eigenvalue weighted by molar-refractivity contribution is 5.79. The summed E-state index contributed by atoms with van der Waals surface area (Å²) in [4.78, 5) is 18.9. The maximum absolute atomic E-state index is 10.7. The minimum Gasteiger partial charge on any atom is -0.381 e. The molecule has 0 aromatic carbocycles. The first-order valence-electron chi connectivity index (χ1n) is 5.70. The molecule has 9 heteroatoms. The van der Waals surface area contributed by atoms with Crippen LogP contribution in [0, 0.1) is 0 Å². The highest BCUT2D eigenvalue weighted by Gasteiger charge is 2.11. The van der Waals surface area contributed by atoms with Gasteiger partial charge in [-0.25, -0.2) is 15.8 Å². The fraction of sp³-hybridized carbons (Fsp3) is 0.500. The molecule has 1 heterocycles. The molecule has 9 nitrogen and oxygen atoms in total. The van der Waals surface area contributed by atoms with Gasteiger partial charge in [-0.05, 0) is 6.92 Å². The summed E-state index contributed by atoms with van der Waals surface area (Å²) in [6.45, 7) is 2.57. The third-order valence-electron chi connectivity index (χ3n) is 2.16. The van der Waals surface area contributed by atoms with E-state index in [0.29, 0.717) is 24.1 Å². The minimum absolute atomic E-state index is 0.0512. The van der Waals surface area contributed by atoms with Gasteiger partial charge in [0.05, 0.1) is 6.54 Å². The topological polar surface area (TPSA) is 148 Å². The zero-order valence-electron chi connectivity index (χ0n) is 10.6. The molecule has 1 unspecified atom stereocenters. The Morgan fingerprint density at radius 1 is 1.53 bits per heavy atom. The molecule has 0 aliphatic heterocycles.